The maximum Gasteiger partial charge on any atom is 0.346 e. The number of carboxylic acids is 1. The van der Waals surface area contributed by atoms with Crippen LogP contribution in [0.15, 0.2) is 23.0 Å². The molecule has 2 aromatic heterocycles. The van der Waals surface area contributed by atoms with E-state index in [1.165, 1.54) is 20.3 Å². The number of rotatable bonds is 3. The molecule has 3 aromatic rings. The van der Waals surface area contributed by atoms with Crippen LogP contribution in [0.3, 0.4) is 0 Å². The standard InChI is InChI=1S/C15H13NO5S/c1-16-9-6-11(21-3)10(20-2)4-7(9)8-5-12(14(17)18)22-15(19)13(8)16/h4-6H,1-3H3,(H,17,18). The van der Waals surface area contributed by atoms with Gasteiger partial charge in [-0.25, -0.2) is 4.79 Å². The summed E-state index contributed by atoms with van der Waals surface area (Å²) in [5, 5.41) is 10.5. The van der Waals surface area contributed by atoms with Gasteiger partial charge in [0, 0.05) is 23.9 Å². The molecule has 6 nitrogen and oxygen atoms in total. The van der Waals surface area contributed by atoms with Crippen molar-refractivity contribution in [3.63, 3.8) is 0 Å². The number of carboxylic acid groups (broad SMARTS) is 1. The highest BCUT2D eigenvalue weighted by atomic mass is 32.1. The van der Waals surface area contributed by atoms with Gasteiger partial charge in [-0.2, -0.15) is 0 Å². The Hall–Kier alpha value is -2.54. The van der Waals surface area contributed by atoms with Crippen LogP contribution in [0.2, 0.25) is 0 Å². The Balaban J connectivity index is 2.53. The molecule has 0 bridgehead atoms. The molecule has 7 heteroatoms. The molecule has 0 aliphatic carbocycles. The van der Waals surface area contributed by atoms with Crippen LogP contribution in [0.5, 0.6) is 11.5 Å². The highest BCUT2D eigenvalue weighted by Gasteiger charge is 2.18. The second-order valence-corrected chi connectivity index (χ2v) is 5.76. The van der Waals surface area contributed by atoms with Gasteiger partial charge in [-0.3, -0.25) is 4.79 Å². The molecule has 1 N–H and O–H groups in total. The third-order valence-electron chi connectivity index (χ3n) is 3.63. The second kappa shape index (κ2) is 5.03. The van der Waals surface area contributed by atoms with E-state index >= 15 is 0 Å². The lowest BCUT2D eigenvalue weighted by Gasteiger charge is -2.08. The molecule has 1 aromatic carbocycles. The van der Waals surface area contributed by atoms with E-state index in [1.54, 1.807) is 23.7 Å². The van der Waals surface area contributed by atoms with E-state index in [0.717, 1.165) is 22.2 Å². The van der Waals surface area contributed by atoms with E-state index in [-0.39, 0.29) is 9.62 Å². The van der Waals surface area contributed by atoms with E-state index in [2.05, 4.69) is 0 Å². The number of nitrogens with zero attached hydrogens (tertiary/aromatic N) is 1. The molecule has 0 saturated heterocycles. The molecule has 0 saturated carbocycles. The Kier molecular flexibility index (Phi) is 3.29. The summed E-state index contributed by atoms with van der Waals surface area (Å²) in [7, 11) is 4.83. The lowest BCUT2D eigenvalue weighted by atomic mass is 10.1. The summed E-state index contributed by atoms with van der Waals surface area (Å²) >= 11 is 0.726. The third kappa shape index (κ3) is 1.93. The summed E-state index contributed by atoms with van der Waals surface area (Å²) in [6.07, 6.45) is 0. The van der Waals surface area contributed by atoms with Crippen LogP contribution in [0.4, 0.5) is 0 Å². The molecule has 0 fully saturated rings. The molecular formula is C15H13NO5S. The minimum absolute atomic E-state index is 0.0137. The van der Waals surface area contributed by atoms with Crippen molar-refractivity contribution in [3.05, 3.63) is 32.6 Å². The van der Waals surface area contributed by atoms with E-state index in [1.807, 2.05) is 0 Å². The van der Waals surface area contributed by atoms with E-state index in [4.69, 9.17) is 14.6 Å². The Labute approximate surface area is 129 Å². The number of carbonyl (C=O) groups is 1. The van der Waals surface area contributed by atoms with Crippen molar-refractivity contribution in [2.75, 3.05) is 14.2 Å². The van der Waals surface area contributed by atoms with Gasteiger partial charge >= 0.3 is 5.97 Å². The van der Waals surface area contributed by atoms with Gasteiger partial charge in [-0.15, -0.1) is 0 Å². The smallest absolute Gasteiger partial charge is 0.346 e. The first-order valence-electron chi connectivity index (χ1n) is 6.39. The number of aromatic carboxylic acids is 1. The number of aryl methyl sites for hydroxylation is 1. The minimum atomic E-state index is -1.11. The predicted octanol–water partition coefficient (Wildman–Crippen LogP) is 2.47. The average Bonchev–Trinajstić information content (AvgIpc) is 2.78. The first kappa shape index (κ1) is 14.4. The van der Waals surface area contributed by atoms with Gasteiger partial charge in [-0.05, 0) is 12.1 Å². The van der Waals surface area contributed by atoms with Gasteiger partial charge in [0.05, 0.1) is 19.7 Å². The van der Waals surface area contributed by atoms with Crippen molar-refractivity contribution < 1.29 is 19.4 Å². The zero-order chi connectivity index (χ0) is 16.0. The van der Waals surface area contributed by atoms with Crippen molar-refractivity contribution in [1.29, 1.82) is 0 Å². The molecule has 114 valence electrons. The Morgan fingerprint density at radius 1 is 1.14 bits per heavy atom. The summed E-state index contributed by atoms with van der Waals surface area (Å²) in [6.45, 7) is 0. The zero-order valence-corrected chi connectivity index (χ0v) is 13.0. The highest BCUT2D eigenvalue weighted by Crippen LogP contribution is 2.36. The number of fused-ring (bicyclic) bond motifs is 3. The van der Waals surface area contributed by atoms with Crippen LogP contribution in [-0.2, 0) is 7.05 Å². The molecular weight excluding hydrogens is 306 g/mol. The lowest BCUT2D eigenvalue weighted by Crippen LogP contribution is -2.04. The average molecular weight is 319 g/mol. The highest BCUT2D eigenvalue weighted by molar-refractivity contribution is 7.11. The number of ether oxygens (including phenoxy) is 2. The molecule has 2 heterocycles. The van der Waals surface area contributed by atoms with Gasteiger partial charge in [0.2, 0.25) is 0 Å². The summed E-state index contributed by atoms with van der Waals surface area (Å²) in [4.78, 5) is 23.5. The summed E-state index contributed by atoms with van der Waals surface area (Å²) in [5.41, 5.74) is 1.25. The van der Waals surface area contributed by atoms with Crippen LogP contribution in [0, 0.1) is 0 Å². The van der Waals surface area contributed by atoms with Gasteiger partial charge in [0.25, 0.3) is 4.74 Å². The molecule has 0 spiro atoms. The SMILES string of the molecule is COc1cc2c3cc(C(=O)O)sc(=O)c3n(C)c2cc1OC. The fourth-order valence-electron chi connectivity index (χ4n) is 2.60. The van der Waals surface area contributed by atoms with E-state index in [9.17, 15) is 9.59 Å². The molecule has 0 aliphatic rings. The Morgan fingerprint density at radius 2 is 1.77 bits per heavy atom. The number of aromatic nitrogens is 1. The quantitative estimate of drug-likeness (QED) is 0.802. The van der Waals surface area contributed by atoms with Crippen molar-refractivity contribution in [2.24, 2.45) is 7.05 Å². The van der Waals surface area contributed by atoms with Crippen molar-refractivity contribution >= 4 is 39.1 Å². The zero-order valence-electron chi connectivity index (χ0n) is 12.2. The molecule has 0 atom stereocenters. The summed E-state index contributed by atoms with van der Waals surface area (Å²) in [6, 6.07) is 5.06. The van der Waals surface area contributed by atoms with Crippen LogP contribution in [0.25, 0.3) is 21.8 Å². The third-order valence-corrected chi connectivity index (χ3v) is 4.52. The minimum Gasteiger partial charge on any atom is -0.493 e. The molecule has 3 rings (SSSR count). The second-order valence-electron chi connectivity index (χ2n) is 4.75. The molecule has 0 unspecified atom stereocenters. The van der Waals surface area contributed by atoms with Gasteiger partial charge in [-0.1, -0.05) is 11.3 Å². The fourth-order valence-corrected chi connectivity index (χ4v) is 3.40. The first-order chi connectivity index (χ1) is 10.5. The first-order valence-corrected chi connectivity index (χ1v) is 7.21. The molecule has 22 heavy (non-hydrogen) atoms. The predicted molar refractivity (Wildman–Crippen MR) is 84.6 cm³/mol. The summed E-state index contributed by atoms with van der Waals surface area (Å²) in [5.74, 6) is -0.0312. The molecule has 0 aliphatic heterocycles. The normalized spacial score (nSPS) is 11.0. The number of hydrogen-bond acceptors (Lipinski definition) is 5. The number of benzene rings is 1. The maximum atomic E-state index is 12.3. The van der Waals surface area contributed by atoms with Crippen LogP contribution in [0.1, 0.15) is 9.67 Å². The maximum absolute atomic E-state index is 12.3. The van der Waals surface area contributed by atoms with Crippen LogP contribution in [-0.4, -0.2) is 29.9 Å². The Morgan fingerprint density at radius 3 is 2.36 bits per heavy atom. The van der Waals surface area contributed by atoms with Crippen molar-refractivity contribution in [1.82, 2.24) is 4.57 Å². The van der Waals surface area contributed by atoms with Gasteiger partial charge < -0.3 is 19.1 Å². The number of methoxy groups -OCH3 is 2. The van der Waals surface area contributed by atoms with Crippen molar-refractivity contribution in [2.45, 2.75) is 0 Å². The van der Waals surface area contributed by atoms with E-state index < -0.39 is 5.97 Å². The topological polar surface area (TPSA) is 77.8 Å². The van der Waals surface area contributed by atoms with Crippen LogP contribution < -0.4 is 14.2 Å². The van der Waals surface area contributed by atoms with E-state index in [0.29, 0.717) is 22.4 Å². The van der Waals surface area contributed by atoms with Gasteiger partial charge in [0.15, 0.2) is 11.5 Å². The monoisotopic (exact) mass is 319 g/mol. The number of hydrogen-bond donors (Lipinski definition) is 1. The molecule has 0 radical (unpaired) electrons. The van der Waals surface area contributed by atoms with Crippen molar-refractivity contribution in [3.8, 4) is 11.5 Å². The fraction of sp³-hybridized carbons (Fsp3) is 0.200. The summed E-state index contributed by atoms with van der Waals surface area (Å²) < 4.78 is 12.0. The molecule has 0 amide bonds. The lowest BCUT2D eigenvalue weighted by molar-refractivity contribution is 0.0702. The Bertz CT molecular complexity index is 970. The van der Waals surface area contributed by atoms with Gasteiger partial charge in [0.1, 0.15) is 10.4 Å². The van der Waals surface area contributed by atoms with Crippen LogP contribution >= 0.6 is 11.3 Å². The largest absolute Gasteiger partial charge is 0.493 e.